The lowest BCUT2D eigenvalue weighted by molar-refractivity contribution is 0.405. The summed E-state index contributed by atoms with van der Waals surface area (Å²) in [6.07, 6.45) is 7.96. The highest BCUT2D eigenvalue weighted by atomic mass is 79.9. The molecule has 0 aliphatic heterocycles. The van der Waals surface area contributed by atoms with E-state index in [-0.39, 0.29) is 0 Å². The fraction of sp³-hybridized carbons (Fsp3) is 0.769. The molecule has 0 aromatic carbocycles. The molecule has 4 heteroatoms. The summed E-state index contributed by atoms with van der Waals surface area (Å²) in [6, 6.07) is 0. The summed E-state index contributed by atoms with van der Waals surface area (Å²) >= 11 is 3.79. The van der Waals surface area contributed by atoms with Crippen LogP contribution in [0.3, 0.4) is 0 Å². The van der Waals surface area contributed by atoms with Crippen LogP contribution in [-0.2, 0) is 13.0 Å². The van der Waals surface area contributed by atoms with Gasteiger partial charge in [0.15, 0.2) is 5.75 Å². The Kier molecular flexibility index (Phi) is 4.48. The van der Waals surface area contributed by atoms with Crippen molar-refractivity contribution in [3.63, 3.8) is 0 Å². The molecule has 0 amide bonds. The second-order valence-electron chi connectivity index (χ2n) is 4.77. The first-order chi connectivity index (χ1) is 8.26. The molecule has 3 nitrogen and oxygen atoms in total. The third-order valence-electron chi connectivity index (χ3n) is 3.36. The van der Waals surface area contributed by atoms with Crippen LogP contribution >= 0.6 is 15.9 Å². The van der Waals surface area contributed by atoms with Gasteiger partial charge in [0.2, 0.25) is 0 Å². The minimum Gasteiger partial charge on any atom is -0.493 e. The summed E-state index contributed by atoms with van der Waals surface area (Å²) in [5.41, 5.74) is 1.25. The van der Waals surface area contributed by atoms with Crippen molar-refractivity contribution in [2.45, 2.75) is 50.4 Å². The van der Waals surface area contributed by atoms with E-state index < -0.39 is 0 Å². The molecule has 1 aliphatic carbocycles. The van der Waals surface area contributed by atoms with Crippen molar-refractivity contribution in [3.8, 4) is 5.75 Å². The first-order valence-electron chi connectivity index (χ1n) is 6.49. The SMILES string of the molecule is CCCn1ncc(OC)c1CCC(Br)C1CC1. The van der Waals surface area contributed by atoms with Crippen molar-refractivity contribution in [1.29, 1.82) is 0 Å². The molecule has 1 aliphatic rings. The molecule has 0 bridgehead atoms. The zero-order valence-electron chi connectivity index (χ0n) is 10.7. The number of aromatic nitrogens is 2. The molecule has 0 radical (unpaired) electrons. The molecule has 1 fully saturated rings. The van der Waals surface area contributed by atoms with E-state index in [4.69, 9.17) is 4.74 Å². The molecule has 1 saturated carbocycles. The van der Waals surface area contributed by atoms with E-state index in [9.17, 15) is 0 Å². The third-order valence-corrected chi connectivity index (χ3v) is 4.56. The van der Waals surface area contributed by atoms with E-state index in [1.165, 1.54) is 25.0 Å². The number of rotatable bonds is 7. The summed E-state index contributed by atoms with van der Waals surface area (Å²) in [6.45, 7) is 3.16. The quantitative estimate of drug-likeness (QED) is 0.722. The minimum atomic E-state index is 0.664. The molecule has 96 valence electrons. The lowest BCUT2D eigenvalue weighted by atomic mass is 10.1. The Morgan fingerprint density at radius 2 is 2.35 bits per heavy atom. The predicted octanol–water partition coefficient (Wildman–Crippen LogP) is 3.41. The molecule has 0 N–H and O–H groups in total. The van der Waals surface area contributed by atoms with Crippen LogP contribution in [0, 0.1) is 5.92 Å². The van der Waals surface area contributed by atoms with E-state index in [0.717, 1.165) is 31.1 Å². The van der Waals surface area contributed by atoms with Gasteiger partial charge in [-0.15, -0.1) is 0 Å². The van der Waals surface area contributed by atoms with E-state index >= 15 is 0 Å². The van der Waals surface area contributed by atoms with E-state index in [0.29, 0.717) is 4.83 Å². The Labute approximate surface area is 112 Å². The second kappa shape index (κ2) is 5.89. The average Bonchev–Trinajstić information content (AvgIpc) is 3.10. The first-order valence-corrected chi connectivity index (χ1v) is 7.40. The zero-order valence-corrected chi connectivity index (χ0v) is 12.2. The smallest absolute Gasteiger partial charge is 0.159 e. The van der Waals surface area contributed by atoms with Gasteiger partial charge in [0.1, 0.15) is 0 Å². The van der Waals surface area contributed by atoms with Crippen molar-refractivity contribution in [3.05, 3.63) is 11.9 Å². The Morgan fingerprint density at radius 3 is 2.94 bits per heavy atom. The Morgan fingerprint density at radius 1 is 1.59 bits per heavy atom. The van der Waals surface area contributed by atoms with Crippen molar-refractivity contribution in [2.75, 3.05) is 7.11 Å². The summed E-state index contributed by atoms with van der Waals surface area (Å²) in [7, 11) is 1.73. The van der Waals surface area contributed by atoms with Gasteiger partial charge in [-0.2, -0.15) is 5.10 Å². The van der Waals surface area contributed by atoms with Crippen molar-refractivity contribution >= 4 is 15.9 Å². The predicted molar refractivity (Wildman–Crippen MR) is 72.8 cm³/mol. The summed E-state index contributed by atoms with van der Waals surface area (Å²) < 4.78 is 7.47. The Hall–Kier alpha value is -0.510. The molecule has 2 rings (SSSR count). The molecule has 0 spiro atoms. The topological polar surface area (TPSA) is 27.1 Å². The monoisotopic (exact) mass is 300 g/mol. The van der Waals surface area contributed by atoms with E-state index in [1.54, 1.807) is 7.11 Å². The van der Waals surface area contributed by atoms with Gasteiger partial charge in [-0.05, 0) is 38.0 Å². The molecule has 1 aromatic rings. The summed E-state index contributed by atoms with van der Waals surface area (Å²) in [5.74, 6) is 1.84. The van der Waals surface area contributed by atoms with Gasteiger partial charge in [0.25, 0.3) is 0 Å². The normalized spacial score (nSPS) is 17.1. The second-order valence-corrected chi connectivity index (χ2v) is 5.95. The average molecular weight is 301 g/mol. The van der Waals surface area contributed by atoms with Gasteiger partial charge >= 0.3 is 0 Å². The van der Waals surface area contributed by atoms with Crippen LogP contribution in [0.1, 0.15) is 38.3 Å². The molecular weight excluding hydrogens is 280 g/mol. The maximum atomic E-state index is 5.38. The summed E-state index contributed by atoms with van der Waals surface area (Å²) in [4.78, 5) is 0.664. The van der Waals surface area contributed by atoms with Gasteiger partial charge in [0, 0.05) is 11.4 Å². The lowest BCUT2D eigenvalue weighted by Gasteiger charge is -2.11. The number of hydrogen-bond donors (Lipinski definition) is 0. The van der Waals surface area contributed by atoms with E-state index in [2.05, 4.69) is 32.6 Å². The number of halogens is 1. The number of hydrogen-bond acceptors (Lipinski definition) is 2. The highest BCUT2D eigenvalue weighted by Crippen LogP contribution is 2.39. The van der Waals surface area contributed by atoms with Crippen LogP contribution in [0.5, 0.6) is 5.75 Å². The van der Waals surface area contributed by atoms with Crippen LogP contribution < -0.4 is 4.74 Å². The number of aryl methyl sites for hydroxylation is 1. The van der Waals surface area contributed by atoms with Crippen molar-refractivity contribution in [2.24, 2.45) is 5.92 Å². The number of methoxy groups -OCH3 is 1. The van der Waals surface area contributed by atoms with Crippen LogP contribution in [0.25, 0.3) is 0 Å². The van der Waals surface area contributed by atoms with Crippen LogP contribution in [0.15, 0.2) is 6.20 Å². The van der Waals surface area contributed by atoms with Gasteiger partial charge in [-0.1, -0.05) is 22.9 Å². The standard InChI is InChI=1S/C13H21BrN2O/c1-3-8-16-12(13(17-2)9-15-16)7-6-11(14)10-4-5-10/h9-11H,3-8H2,1-2H3. The molecule has 1 unspecified atom stereocenters. The Bertz CT molecular complexity index is 360. The van der Waals surface area contributed by atoms with Gasteiger partial charge < -0.3 is 4.74 Å². The highest BCUT2D eigenvalue weighted by Gasteiger charge is 2.29. The van der Waals surface area contributed by atoms with Crippen molar-refractivity contribution in [1.82, 2.24) is 9.78 Å². The van der Waals surface area contributed by atoms with E-state index in [1.807, 2.05) is 6.20 Å². The molecule has 1 aromatic heterocycles. The fourth-order valence-corrected chi connectivity index (χ4v) is 2.95. The molecule has 1 heterocycles. The molecule has 0 saturated heterocycles. The van der Waals surface area contributed by atoms with Crippen LogP contribution in [-0.4, -0.2) is 21.7 Å². The number of alkyl halides is 1. The largest absolute Gasteiger partial charge is 0.493 e. The molecular formula is C13H21BrN2O. The first kappa shape index (κ1) is 12.9. The minimum absolute atomic E-state index is 0.664. The van der Waals surface area contributed by atoms with Crippen molar-refractivity contribution < 1.29 is 4.74 Å². The lowest BCUT2D eigenvalue weighted by Crippen LogP contribution is -2.09. The van der Waals surface area contributed by atoms with Gasteiger partial charge in [0.05, 0.1) is 19.0 Å². The Balaban J connectivity index is 1.98. The fourth-order valence-electron chi connectivity index (χ4n) is 2.19. The number of ether oxygens (including phenoxy) is 1. The number of nitrogens with zero attached hydrogens (tertiary/aromatic N) is 2. The maximum Gasteiger partial charge on any atom is 0.159 e. The highest BCUT2D eigenvalue weighted by molar-refractivity contribution is 9.09. The third kappa shape index (κ3) is 3.24. The zero-order chi connectivity index (χ0) is 12.3. The summed E-state index contributed by atoms with van der Waals surface area (Å²) in [5, 5.41) is 4.39. The van der Waals surface area contributed by atoms with Gasteiger partial charge in [-0.3, -0.25) is 4.68 Å². The molecule has 17 heavy (non-hydrogen) atoms. The van der Waals surface area contributed by atoms with Gasteiger partial charge in [-0.25, -0.2) is 0 Å². The maximum absolute atomic E-state index is 5.38. The molecule has 1 atom stereocenters. The van der Waals surface area contributed by atoms with Crippen LogP contribution in [0.2, 0.25) is 0 Å². The van der Waals surface area contributed by atoms with Crippen LogP contribution in [0.4, 0.5) is 0 Å².